The minimum absolute atomic E-state index is 0.0903. The molecule has 5 aromatic rings. The molecule has 6 heteroatoms. The van der Waals surface area contributed by atoms with Crippen LogP contribution in [0.2, 0.25) is 0 Å². The summed E-state index contributed by atoms with van der Waals surface area (Å²) < 4.78 is 5.44. The van der Waals surface area contributed by atoms with E-state index in [2.05, 4.69) is 55.3 Å². The summed E-state index contributed by atoms with van der Waals surface area (Å²) in [5.74, 6) is 1.22. The second-order valence-electron chi connectivity index (χ2n) is 11.3. The van der Waals surface area contributed by atoms with Gasteiger partial charge in [0.2, 0.25) is 0 Å². The average Bonchev–Trinajstić information content (AvgIpc) is 3.67. The first kappa shape index (κ1) is 25.4. The molecule has 0 spiro atoms. The van der Waals surface area contributed by atoms with Gasteiger partial charge in [-0.25, -0.2) is 4.99 Å². The Hall–Kier alpha value is -3.90. The van der Waals surface area contributed by atoms with Gasteiger partial charge in [-0.2, -0.15) is 0 Å². The molecule has 3 heterocycles. The highest BCUT2D eigenvalue weighted by Crippen LogP contribution is 2.45. The van der Waals surface area contributed by atoms with Crippen molar-refractivity contribution in [3.63, 3.8) is 0 Å². The lowest BCUT2D eigenvalue weighted by Gasteiger charge is -2.33. The summed E-state index contributed by atoms with van der Waals surface area (Å²) in [5.41, 5.74) is 6.31. The van der Waals surface area contributed by atoms with E-state index in [1.165, 1.54) is 4.88 Å². The SMILES string of the molecule is CC(C)(C)[C@H]1CCc2c(sc(N=Cc3c(-c4ccccc4)[nH]c4ccccc34)c2C(=O)NCc2ccco2)C1. The summed E-state index contributed by atoms with van der Waals surface area (Å²) in [4.78, 5) is 23.5. The van der Waals surface area contributed by atoms with Gasteiger partial charge < -0.3 is 14.7 Å². The average molecular weight is 536 g/mol. The lowest BCUT2D eigenvalue weighted by Crippen LogP contribution is -2.28. The van der Waals surface area contributed by atoms with E-state index in [4.69, 9.17) is 9.41 Å². The van der Waals surface area contributed by atoms with Gasteiger partial charge in [0, 0.05) is 27.6 Å². The highest BCUT2D eigenvalue weighted by molar-refractivity contribution is 7.16. The molecule has 0 radical (unpaired) electrons. The minimum Gasteiger partial charge on any atom is -0.467 e. The fourth-order valence-corrected chi connectivity index (χ4v) is 6.83. The van der Waals surface area contributed by atoms with Gasteiger partial charge in [-0.05, 0) is 59.9 Å². The first-order valence-electron chi connectivity index (χ1n) is 13.5. The van der Waals surface area contributed by atoms with Crippen LogP contribution >= 0.6 is 11.3 Å². The van der Waals surface area contributed by atoms with Crippen LogP contribution in [0.1, 0.15) is 59.3 Å². The van der Waals surface area contributed by atoms with E-state index < -0.39 is 0 Å². The van der Waals surface area contributed by atoms with Crippen LogP contribution in [0.3, 0.4) is 0 Å². The van der Waals surface area contributed by atoms with Gasteiger partial charge >= 0.3 is 0 Å². The fourth-order valence-electron chi connectivity index (χ4n) is 5.56. The Labute approximate surface area is 233 Å². The van der Waals surface area contributed by atoms with Crippen molar-refractivity contribution in [1.29, 1.82) is 0 Å². The third-order valence-corrected chi connectivity index (χ3v) is 8.98. The molecule has 198 valence electrons. The largest absolute Gasteiger partial charge is 0.467 e. The molecule has 0 bridgehead atoms. The quantitative estimate of drug-likeness (QED) is 0.215. The van der Waals surface area contributed by atoms with Crippen LogP contribution in [0.15, 0.2) is 82.4 Å². The summed E-state index contributed by atoms with van der Waals surface area (Å²) >= 11 is 1.67. The molecule has 5 nitrogen and oxygen atoms in total. The standard InChI is InChI=1S/C33H33N3O2S/c1-33(2,3)22-15-16-25-28(18-22)39-32(29(25)31(37)34-19-23-12-9-17-38-23)35-20-26-24-13-7-8-14-27(24)36-30(26)21-10-5-4-6-11-21/h4-14,17,20,22,36H,15-16,18-19H2,1-3H3,(H,34,37)/t22-/m0/s1. The number of hydrogen-bond acceptors (Lipinski definition) is 4. The highest BCUT2D eigenvalue weighted by atomic mass is 32.1. The molecule has 1 amide bonds. The van der Waals surface area contributed by atoms with Crippen LogP contribution in [0.25, 0.3) is 22.2 Å². The molecule has 39 heavy (non-hydrogen) atoms. The maximum atomic E-state index is 13.6. The first-order chi connectivity index (χ1) is 18.9. The molecule has 0 aliphatic heterocycles. The number of carbonyl (C=O) groups excluding carboxylic acids is 1. The number of para-hydroxylation sites is 1. The first-order valence-corrected chi connectivity index (χ1v) is 14.4. The fraction of sp³-hybridized carbons (Fsp3) is 0.273. The Kier molecular flexibility index (Phi) is 6.73. The lowest BCUT2D eigenvalue weighted by molar-refractivity contribution is 0.0947. The predicted octanol–water partition coefficient (Wildman–Crippen LogP) is 8.32. The van der Waals surface area contributed by atoms with Gasteiger partial charge in [-0.3, -0.25) is 4.79 Å². The number of aromatic nitrogens is 1. The second kappa shape index (κ2) is 10.3. The number of carbonyl (C=O) groups is 1. The van der Waals surface area contributed by atoms with Crippen LogP contribution in [0.4, 0.5) is 5.00 Å². The van der Waals surface area contributed by atoms with Gasteiger partial charge in [-0.15, -0.1) is 11.3 Å². The zero-order valence-electron chi connectivity index (χ0n) is 22.6. The van der Waals surface area contributed by atoms with E-state index in [-0.39, 0.29) is 11.3 Å². The van der Waals surface area contributed by atoms with Crippen molar-refractivity contribution in [3.05, 3.63) is 100 Å². The molecular weight excluding hydrogens is 502 g/mol. The molecule has 6 rings (SSSR count). The lowest BCUT2D eigenvalue weighted by atomic mass is 9.72. The number of furan rings is 1. The number of amides is 1. The smallest absolute Gasteiger partial charge is 0.255 e. The number of nitrogens with one attached hydrogen (secondary N) is 2. The van der Waals surface area contributed by atoms with Crippen LogP contribution in [-0.2, 0) is 19.4 Å². The maximum Gasteiger partial charge on any atom is 0.255 e. The van der Waals surface area contributed by atoms with Gasteiger partial charge in [0.05, 0.1) is 24.1 Å². The Morgan fingerprint density at radius 3 is 2.67 bits per heavy atom. The summed E-state index contributed by atoms with van der Waals surface area (Å²) in [5, 5.41) is 4.96. The molecule has 2 aromatic carbocycles. The van der Waals surface area contributed by atoms with Crippen LogP contribution < -0.4 is 5.32 Å². The number of hydrogen-bond donors (Lipinski definition) is 2. The molecule has 0 fully saturated rings. The molecule has 0 saturated heterocycles. The van der Waals surface area contributed by atoms with Gasteiger partial charge in [-0.1, -0.05) is 69.3 Å². The molecule has 2 N–H and O–H groups in total. The summed E-state index contributed by atoms with van der Waals surface area (Å²) in [6.07, 6.45) is 6.52. The molecule has 0 unspecified atom stereocenters. The van der Waals surface area contributed by atoms with Crippen molar-refractivity contribution >= 4 is 39.4 Å². The highest BCUT2D eigenvalue weighted by Gasteiger charge is 2.33. The van der Waals surface area contributed by atoms with E-state index in [0.717, 1.165) is 63.3 Å². The number of nitrogens with zero attached hydrogens (tertiary/aromatic N) is 1. The van der Waals surface area contributed by atoms with E-state index >= 15 is 0 Å². The second-order valence-corrected chi connectivity index (χ2v) is 12.4. The zero-order valence-corrected chi connectivity index (χ0v) is 23.4. The monoisotopic (exact) mass is 535 g/mol. The number of benzene rings is 2. The van der Waals surface area contributed by atoms with Crippen LogP contribution in [-0.4, -0.2) is 17.1 Å². The van der Waals surface area contributed by atoms with Crippen molar-refractivity contribution in [2.75, 3.05) is 0 Å². The normalized spacial score (nSPS) is 15.6. The summed E-state index contributed by atoms with van der Waals surface area (Å²) in [7, 11) is 0. The summed E-state index contributed by atoms with van der Waals surface area (Å²) in [6.45, 7) is 7.29. The van der Waals surface area contributed by atoms with Gasteiger partial charge in [0.1, 0.15) is 10.8 Å². The minimum atomic E-state index is -0.0903. The molecule has 1 atom stereocenters. The number of aromatic amines is 1. The Morgan fingerprint density at radius 1 is 1.10 bits per heavy atom. The van der Waals surface area contributed by atoms with Crippen molar-refractivity contribution in [2.24, 2.45) is 16.3 Å². The topological polar surface area (TPSA) is 70.4 Å². The van der Waals surface area contributed by atoms with Crippen molar-refractivity contribution in [3.8, 4) is 11.3 Å². The van der Waals surface area contributed by atoms with E-state index in [9.17, 15) is 4.79 Å². The molecule has 0 saturated carbocycles. The van der Waals surface area contributed by atoms with Crippen molar-refractivity contribution in [1.82, 2.24) is 10.3 Å². The zero-order chi connectivity index (χ0) is 27.0. The van der Waals surface area contributed by atoms with Gasteiger partial charge in [0.25, 0.3) is 5.91 Å². The van der Waals surface area contributed by atoms with E-state index in [1.54, 1.807) is 17.6 Å². The summed E-state index contributed by atoms with van der Waals surface area (Å²) in [6, 6.07) is 22.3. The number of rotatable bonds is 6. The van der Waals surface area contributed by atoms with Crippen LogP contribution in [0, 0.1) is 11.3 Å². The van der Waals surface area contributed by atoms with Crippen LogP contribution in [0.5, 0.6) is 0 Å². The molecule has 1 aliphatic rings. The predicted molar refractivity (Wildman–Crippen MR) is 160 cm³/mol. The number of H-pyrrole nitrogens is 1. The molecule has 3 aromatic heterocycles. The van der Waals surface area contributed by atoms with Gasteiger partial charge in [0.15, 0.2) is 0 Å². The van der Waals surface area contributed by atoms with Crippen molar-refractivity contribution in [2.45, 2.75) is 46.6 Å². The number of aliphatic imine (C=N–C) groups is 1. The Balaban J connectivity index is 1.41. The number of thiophene rings is 1. The van der Waals surface area contributed by atoms with E-state index in [0.29, 0.717) is 18.0 Å². The number of fused-ring (bicyclic) bond motifs is 2. The van der Waals surface area contributed by atoms with E-state index in [1.807, 2.05) is 48.7 Å². The third kappa shape index (κ3) is 5.09. The maximum absolute atomic E-state index is 13.6. The third-order valence-electron chi connectivity index (χ3n) is 7.82. The Morgan fingerprint density at radius 2 is 1.90 bits per heavy atom. The Bertz CT molecular complexity index is 1640. The van der Waals surface area contributed by atoms with Crippen molar-refractivity contribution < 1.29 is 9.21 Å². The molecule has 1 aliphatic carbocycles. The molecular formula is C33H33N3O2S.